The second kappa shape index (κ2) is 9.43. The van der Waals surface area contributed by atoms with E-state index >= 15 is 0 Å². The Labute approximate surface area is 157 Å². The monoisotopic (exact) mass is 382 g/mol. The maximum absolute atomic E-state index is 12.1. The number of benzene rings is 1. The predicted molar refractivity (Wildman–Crippen MR) is 96.4 cm³/mol. The molecule has 1 aromatic carbocycles. The Morgan fingerprint density at radius 3 is 2.65 bits per heavy atom. The van der Waals surface area contributed by atoms with Crippen LogP contribution < -0.4 is 15.4 Å². The minimum atomic E-state index is -0.763. The summed E-state index contributed by atoms with van der Waals surface area (Å²) in [6.45, 7) is 1.49. The van der Waals surface area contributed by atoms with Crippen molar-refractivity contribution in [2.45, 2.75) is 38.6 Å². The molecule has 142 valence electrons. The molecule has 2 atom stereocenters. The molecule has 3 amide bonds. The maximum Gasteiger partial charge on any atom is 0.342 e. The molecule has 7 nitrogen and oxygen atoms in total. The van der Waals surface area contributed by atoms with Crippen molar-refractivity contribution >= 4 is 29.5 Å². The van der Waals surface area contributed by atoms with E-state index < -0.39 is 24.5 Å². The summed E-state index contributed by atoms with van der Waals surface area (Å²) in [6.07, 6.45) is 4.16. The predicted octanol–water partition coefficient (Wildman–Crippen LogP) is 2.91. The van der Waals surface area contributed by atoms with E-state index in [1.54, 1.807) is 6.07 Å². The fourth-order valence-electron chi connectivity index (χ4n) is 2.95. The number of esters is 1. The van der Waals surface area contributed by atoms with E-state index in [2.05, 4.69) is 17.6 Å². The Kier molecular flexibility index (Phi) is 7.26. The largest absolute Gasteiger partial charge is 0.496 e. The SMILES string of the molecule is COc1ccc(Cl)cc1C(=O)OCC(=O)NC(=O)N[C@@H]1CCCC[C@@H]1C. The molecule has 0 saturated heterocycles. The standard InChI is InChI=1S/C18H23ClN2O5/c1-11-5-3-4-6-14(11)20-18(24)21-16(22)10-26-17(23)13-9-12(19)7-8-15(13)25-2/h7-9,11,14H,3-6,10H2,1-2H3,(H2,20,21,22,24)/t11-,14+/m0/s1. The summed E-state index contributed by atoms with van der Waals surface area (Å²) in [4.78, 5) is 35.8. The number of halogens is 1. The van der Waals surface area contributed by atoms with Crippen LogP contribution in [0.4, 0.5) is 4.79 Å². The number of imide groups is 1. The lowest BCUT2D eigenvalue weighted by molar-refractivity contribution is -0.123. The Morgan fingerprint density at radius 1 is 1.23 bits per heavy atom. The average Bonchev–Trinajstić information content (AvgIpc) is 2.61. The van der Waals surface area contributed by atoms with Gasteiger partial charge in [-0.2, -0.15) is 0 Å². The molecule has 0 aliphatic heterocycles. The van der Waals surface area contributed by atoms with E-state index in [4.69, 9.17) is 21.1 Å². The third-order valence-corrected chi connectivity index (χ3v) is 4.63. The van der Waals surface area contributed by atoms with Crippen molar-refractivity contribution in [1.82, 2.24) is 10.6 Å². The minimum absolute atomic E-state index is 0.0508. The topological polar surface area (TPSA) is 93.7 Å². The van der Waals surface area contributed by atoms with E-state index in [0.29, 0.717) is 10.9 Å². The average molecular weight is 383 g/mol. The van der Waals surface area contributed by atoms with Gasteiger partial charge in [0.25, 0.3) is 5.91 Å². The number of ether oxygens (including phenoxy) is 2. The van der Waals surface area contributed by atoms with Crippen molar-refractivity contribution in [1.29, 1.82) is 0 Å². The Bertz CT molecular complexity index is 680. The molecule has 1 aliphatic carbocycles. The smallest absolute Gasteiger partial charge is 0.342 e. The summed E-state index contributed by atoms with van der Waals surface area (Å²) in [5.74, 6) is -0.817. The first kappa shape index (κ1) is 20.0. The van der Waals surface area contributed by atoms with Gasteiger partial charge in [0.1, 0.15) is 11.3 Å². The highest BCUT2D eigenvalue weighted by Gasteiger charge is 2.23. The highest BCUT2D eigenvalue weighted by molar-refractivity contribution is 6.31. The second-order valence-corrected chi connectivity index (χ2v) is 6.75. The van der Waals surface area contributed by atoms with E-state index in [0.717, 1.165) is 25.7 Å². The van der Waals surface area contributed by atoms with Crippen LogP contribution in [0, 0.1) is 5.92 Å². The van der Waals surface area contributed by atoms with Crippen LogP contribution >= 0.6 is 11.6 Å². The molecule has 0 unspecified atom stereocenters. The van der Waals surface area contributed by atoms with Gasteiger partial charge in [-0.05, 0) is 37.0 Å². The van der Waals surface area contributed by atoms with Crippen molar-refractivity contribution in [3.05, 3.63) is 28.8 Å². The van der Waals surface area contributed by atoms with E-state index in [-0.39, 0.29) is 17.4 Å². The lowest BCUT2D eigenvalue weighted by Crippen LogP contribution is -2.48. The molecule has 0 aromatic heterocycles. The third kappa shape index (κ3) is 5.62. The Morgan fingerprint density at radius 2 is 1.96 bits per heavy atom. The van der Waals surface area contributed by atoms with Crippen LogP contribution in [-0.4, -0.2) is 37.7 Å². The fourth-order valence-corrected chi connectivity index (χ4v) is 3.12. The van der Waals surface area contributed by atoms with Gasteiger partial charge in [0.2, 0.25) is 0 Å². The number of hydrogen-bond donors (Lipinski definition) is 2. The van der Waals surface area contributed by atoms with E-state index in [1.807, 2.05) is 0 Å². The van der Waals surface area contributed by atoms with Crippen molar-refractivity contribution in [3.63, 3.8) is 0 Å². The molecule has 26 heavy (non-hydrogen) atoms. The third-order valence-electron chi connectivity index (χ3n) is 4.40. The lowest BCUT2D eigenvalue weighted by Gasteiger charge is -2.29. The first-order valence-electron chi connectivity index (χ1n) is 8.51. The van der Waals surface area contributed by atoms with Gasteiger partial charge < -0.3 is 14.8 Å². The number of carbonyl (C=O) groups is 3. The molecule has 2 N–H and O–H groups in total. The first-order valence-corrected chi connectivity index (χ1v) is 8.89. The summed E-state index contributed by atoms with van der Waals surface area (Å²) in [5.41, 5.74) is 0.105. The van der Waals surface area contributed by atoms with Gasteiger partial charge in [0.05, 0.1) is 7.11 Å². The molecule has 0 bridgehead atoms. The molecule has 0 spiro atoms. The molecule has 8 heteroatoms. The van der Waals surface area contributed by atoms with Gasteiger partial charge in [-0.15, -0.1) is 0 Å². The quantitative estimate of drug-likeness (QED) is 0.763. The Hall–Kier alpha value is -2.28. The van der Waals surface area contributed by atoms with Crippen LogP contribution in [-0.2, 0) is 9.53 Å². The number of rotatable bonds is 5. The van der Waals surface area contributed by atoms with Crippen LogP contribution in [0.25, 0.3) is 0 Å². The molecule has 2 rings (SSSR count). The molecular weight excluding hydrogens is 360 g/mol. The van der Waals surface area contributed by atoms with Crippen molar-refractivity contribution in [2.24, 2.45) is 5.92 Å². The van der Waals surface area contributed by atoms with Crippen LogP contribution in [0.2, 0.25) is 5.02 Å². The number of urea groups is 1. The normalized spacial score (nSPS) is 19.3. The highest BCUT2D eigenvalue weighted by Crippen LogP contribution is 2.24. The van der Waals surface area contributed by atoms with Crippen LogP contribution in [0.1, 0.15) is 43.0 Å². The molecule has 1 aromatic rings. The van der Waals surface area contributed by atoms with Crippen molar-refractivity contribution in [2.75, 3.05) is 13.7 Å². The molecule has 0 radical (unpaired) electrons. The zero-order valence-electron chi connectivity index (χ0n) is 14.8. The molecular formula is C18H23ClN2O5. The summed E-state index contributed by atoms with van der Waals surface area (Å²) >= 11 is 5.86. The number of nitrogens with one attached hydrogen (secondary N) is 2. The maximum atomic E-state index is 12.1. The van der Waals surface area contributed by atoms with Crippen LogP contribution in [0.15, 0.2) is 18.2 Å². The summed E-state index contributed by atoms with van der Waals surface area (Å²) in [6, 6.07) is 3.95. The summed E-state index contributed by atoms with van der Waals surface area (Å²) in [7, 11) is 1.41. The highest BCUT2D eigenvalue weighted by atomic mass is 35.5. The zero-order chi connectivity index (χ0) is 19.1. The van der Waals surface area contributed by atoms with Gasteiger partial charge in [-0.25, -0.2) is 9.59 Å². The van der Waals surface area contributed by atoms with Gasteiger partial charge in [0, 0.05) is 11.1 Å². The minimum Gasteiger partial charge on any atom is -0.496 e. The fraction of sp³-hybridized carbons (Fsp3) is 0.500. The number of amides is 3. The lowest BCUT2D eigenvalue weighted by atomic mass is 9.86. The molecule has 1 aliphatic rings. The van der Waals surface area contributed by atoms with Gasteiger partial charge in [-0.1, -0.05) is 31.4 Å². The number of hydrogen-bond acceptors (Lipinski definition) is 5. The molecule has 0 heterocycles. The van der Waals surface area contributed by atoms with Gasteiger partial charge in [0.15, 0.2) is 6.61 Å². The summed E-state index contributed by atoms with van der Waals surface area (Å²) in [5, 5.41) is 5.30. The van der Waals surface area contributed by atoms with Crippen LogP contribution in [0.3, 0.4) is 0 Å². The van der Waals surface area contributed by atoms with E-state index in [1.165, 1.54) is 19.2 Å². The molecule has 1 saturated carbocycles. The first-order chi connectivity index (χ1) is 12.4. The molecule has 1 fully saturated rings. The van der Waals surface area contributed by atoms with E-state index in [9.17, 15) is 14.4 Å². The Balaban J connectivity index is 1.82. The number of carbonyl (C=O) groups excluding carboxylic acids is 3. The number of methoxy groups -OCH3 is 1. The van der Waals surface area contributed by atoms with Gasteiger partial charge in [-0.3, -0.25) is 10.1 Å². The second-order valence-electron chi connectivity index (χ2n) is 6.31. The van der Waals surface area contributed by atoms with Crippen molar-refractivity contribution in [3.8, 4) is 5.75 Å². The zero-order valence-corrected chi connectivity index (χ0v) is 15.6. The van der Waals surface area contributed by atoms with Crippen LogP contribution in [0.5, 0.6) is 5.75 Å². The van der Waals surface area contributed by atoms with Crippen molar-refractivity contribution < 1.29 is 23.9 Å². The summed E-state index contributed by atoms with van der Waals surface area (Å²) < 4.78 is 9.99. The van der Waals surface area contributed by atoms with Gasteiger partial charge >= 0.3 is 12.0 Å².